The second kappa shape index (κ2) is 7.82. The third-order valence-corrected chi connectivity index (χ3v) is 3.26. The van der Waals surface area contributed by atoms with E-state index in [1.165, 1.54) is 20.5 Å². The van der Waals surface area contributed by atoms with E-state index in [-0.39, 0.29) is 11.3 Å². The zero-order chi connectivity index (χ0) is 17.5. The van der Waals surface area contributed by atoms with Crippen LogP contribution in [0.5, 0.6) is 0 Å². The van der Waals surface area contributed by atoms with Crippen LogP contribution in [0.2, 0.25) is 0 Å². The summed E-state index contributed by atoms with van der Waals surface area (Å²) in [7, 11) is 2.44. The predicted octanol–water partition coefficient (Wildman–Crippen LogP) is 2.38. The first kappa shape index (κ1) is 17.1. The first-order valence-corrected chi connectivity index (χ1v) is 7.05. The van der Waals surface area contributed by atoms with Gasteiger partial charge in [-0.25, -0.2) is 9.59 Å². The van der Waals surface area contributed by atoms with E-state index >= 15 is 0 Å². The highest BCUT2D eigenvalue weighted by atomic mass is 16.5. The SMILES string of the molecule is COC(=O)/C=C(C(=O)OC)/C(=C(\N)c1ccco1)c1ccccc1. The fraction of sp³-hybridized carbons (Fsp3) is 0.111. The number of esters is 2. The number of methoxy groups -OCH3 is 2. The third kappa shape index (κ3) is 3.73. The van der Waals surface area contributed by atoms with Gasteiger partial charge in [-0.3, -0.25) is 0 Å². The topological polar surface area (TPSA) is 91.8 Å². The second-order valence-electron chi connectivity index (χ2n) is 4.70. The molecule has 0 atom stereocenters. The summed E-state index contributed by atoms with van der Waals surface area (Å²) in [5, 5.41) is 0. The number of carbonyl (C=O) groups is 2. The maximum absolute atomic E-state index is 12.2. The highest BCUT2D eigenvalue weighted by molar-refractivity contribution is 6.15. The highest BCUT2D eigenvalue weighted by Crippen LogP contribution is 2.30. The molecule has 0 aliphatic rings. The average Bonchev–Trinajstić information content (AvgIpc) is 3.15. The molecular weight excluding hydrogens is 310 g/mol. The molecule has 6 heteroatoms. The van der Waals surface area contributed by atoms with Crippen LogP contribution in [0.3, 0.4) is 0 Å². The van der Waals surface area contributed by atoms with E-state index in [0.717, 1.165) is 6.08 Å². The number of ether oxygens (including phenoxy) is 2. The normalized spacial score (nSPS) is 12.3. The lowest BCUT2D eigenvalue weighted by Gasteiger charge is -2.13. The van der Waals surface area contributed by atoms with Gasteiger partial charge >= 0.3 is 11.9 Å². The molecule has 0 amide bonds. The Balaban J connectivity index is 2.73. The van der Waals surface area contributed by atoms with Crippen LogP contribution in [0, 0.1) is 0 Å². The smallest absolute Gasteiger partial charge is 0.338 e. The van der Waals surface area contributed by atoms with E-state index < -0.39 is 11.9 Å². The molecule has 1 aromatic heterocycles. The predicted molar refractivity (Wildman–Crippen MR) is 88.3 cm³/mol. The fourth-order valence-corrected chi connectivity index (χ4v) is 2.14. The summed E-state index contributed by atoms with van der Waals surface area (Å²) in [6.07, 6.45) is 2.51. The van der Waals surface area contributed by atoms with E-state index in [9.17, 15) is 9.59 Å². The van der Waals surface area contributed by atoms with Gasteiger partial charge in [0, 0.05) is 11.6 Å². The fourth-order valence-electron chi connectivity index (χ4n) is 2.14. The molecule has 0 radical (unpaired) electrons. The largest absolute Gasteiger partial charge is 0.466 e. The lowest BCUT2D eigenvalue weighted by atomic mass is 9.94. The minimum absolute atomic E-state index is 0.0237. The van der Waals surface area contributed by atoms with Gasteiger partial charge in [-0.1, -0.05) is 30.3 Å². The van der Waals surface area contributed by atoms with Crippen LogP contribution in [0.1, 0.15) is 11.3 Å². The number of hydrogen-bond donors (Lipinski definition) is 1. The molecular formula is C18H17NO5. The average molecular weight is 327 g/mol. The van der Waals surface area contributed by atoms with Crippen LogP contribution >= 0.6 is 0 Å². The zero-order valence-electron chi connectivity index (χ0n) is 13.3. The molecule has 0 aliphatic carbocycles. The number of furan rings is 1. The van der Waals surface area contributed by atoms with Crippen molar-refractivity contribution in [3.8, 4) is 0 Å². The molecule has 1 aromatic carbocycles. The summed E-state index contributed by atoms with van der Waals surface area (Å²) in [5.41, 5.74) is 7.34. The first-order valence-electron chi connectivity index (χ1n) is 7.05. The minimum Gasteiger partial charge on any atom is -0.466 e. The Morgan fingerprint density at radius 3 is 2.29 bits per heavy atom. The van der Waals surface area contributed by atoms with Crippen molar-refractivity contribution in [1.82, 2.24) is 0 Å². The van der Waals surface area contributed by atoms with Crippen molar-refractivity contribution in [3.05, 3.63) is 71.7 Å². The maximum atomic E-state index is 12.2. The Hall–Kier alpha value is -3.28. The molecule has 0 spiro atoms. The van der Waals surface area contributed by atoms with Gasteiger partial charge in [0.2, 0.25) is 0 Å². The van der Waals surface area contributed by atoms with Gasteiger partial charge in [-0.15, -0.1) is 0 Å². The first-order chi connectivity index (χ1) is 11.6. The number of rotatable bonds is 5. The third-order valence-electron chi connectivity index (χ3n) is 3.26. The van der Waals surface area contributed by atoms with Crippen molar-refractivity contribution in [1.29, 1.82) is 0 Å². The number of nitrogens with two attached hydrogens (primary N) is 1. The molecule has 1 heterocycles. The zero-order valence-corrected chi connectivity index (χ0v) is 13.3. The molecule has 24 heavy (non-hydrogen) atoms. The molecule has 0 aliphatic heterocycles. The van der Waals surface area contributed by atoms with Crippen molar-refractivity contribution in [2.45, 2.75) is 0 Å². The van der Waals surface area contributed by atoms with Crippen LogP contribution in [-0.2, 0) is 19.1 Å². The Labute approximate surface area is 139 Å². The van der Waals surface area contributed by atoms with E-state index in [4.69, 9.17) is 14.9 Å². The van der Waals surface area contributed by atoms with Crippen molar-refractivity contribution >= 4 is 23.2 Å². The molecule has 6 nitrogen and oxygen atoms in total. The van der Waals surface area contributed by atoms with Crippen molar-refractivity contribution < 1.29 is 23.5 Å². The van der Waals surface area contributed by atoms with Crippen LogP contribution < -0.4 is 5.73 Å². The molecule has 0 bridgehead atoms. The molecule has 0 unspecified atom stereocenters. The van der Waals surface area contributed by atoms with Crippen molar-refractivity contribution in [3.63, 3.8) is 0 Å². The standard InChI is InChI=1S/C18H17NO5/c1-22-15(20)11-13(18(21)23-2)16(12-7-4-3-5-8-12)17(19)14-9-6-10-24-14/h3-11H,19H2,1-2H3/b13-11-,17-16-. The monoisotopic (exact) mass is 327 g/mol. The second-order valence-corrected chi connectivity index (χ2v) is 4.70. The number of benzene rings is 1. The van der Waals surface area contributed by atoms with E-state index in [1.54, 1.807) is 36.4 Å². The summed E-state index contributed by atoms with van der Waals surface area (Å²) < 4.78 is 14.7. The Kier molecular flexibility index (Phi) is 5.57. The Morgan fingerprint density at radius 2 is 1.75 bits per heavy atom. The number of carbonyl (C=O) groups excluding carboxylic acids is 2. The quantitative estimate of drug-likeness (QED) is 0.515. The minimum atomic E-state index is -0.714. The summed E-state index contributed by atoms with van der Waals surface area (Å²) in [4.78, 5) is 23.9. The van der Waals surface area contributed by atoms with Crippen molar-refractivity contribution in [2.75, 3.05) is 14.2 Å². The van der Waals surface area contributed by atoms with E-state index in [2.05, 4.69) is 4.74 Å². The van der Waals surface area contributed by atoms with Crippen LogP contribution in [-0.4, -0.2) is 26.2 Å². The van der Waals surface area contributed by atoms with Crippen LogP contribution in [0.4, 0.5) is 0 Å². The highest BCUT2D eigenvalue weighted by Gasteiger charge is 2.23. The van der Waals surface area contributed by atoms with Gasteiger partial charge in [0.25, 0.3) is 0 Å². The van der Waals surface area contributed by atoms with Gasteiger partial charge in [0.05, 0.1) is 31.8 Å². The van der Waals surface area contributed by atoms with Crippen LogP contribution in [0.15, 0.2) is 64.8 Å². The molecule has 0 saturated heterocycles. The van der Waals surface area contributed by atoms with Crippen LogP contribution in [0.25, 0.3) is 11.3 Å². The Bertz CT molecular complexity index is 773. The lowest BCUT2D eigenvalue weighted by Crippen LogP contribution is -2.13. The molecule has 2 rings (SSSR count). The van der Waals surface area contributed by atoms with Crippen molar-refractivity contribution in [2.24, 2.45) is 5.73 Å². The Morgan fingerprint density at radius 1 is 1.04 bits per heavy atom. The van der Waals surface area contributed by atoms with Gasteiger partial charge in [-0.05, 0) is 17.7 Å². The van der Waals surface area contributed by atoms with E-state index in [0.29, 0.717) is 16.9 Å². The van der Waals surface area contributed by atoms with E-state index in [1.807, 2.05) is 6.07 Å². The summed E-state index contributed by atoms with van der Waals surface area (Å²) in [5.74, 6) is -1.04. The number of hydrogen-bond acceptors (Lipinski definition) is 6. The molecule has 2 N–H and O–H groups in total. The van der Waals surface area contributed by atoms with Gasteiger partial charge in [0.15, 0.2) is 0 Å². The molecule has 124 valence electrons. The molecule has 2 aromatic rings. The summed E-state index contributed by atoms with van der Waals surface area (Å²) in [6.45, 7) is 0. The summed E-state index contributed by atoms with van der Waals surface area (Å²) >= 11 is 0. The van der Waals surface area contributed by atoms with Gasteiger partial charge < -0.3 is 19.6 Å². The maximum Gasteiger partial charge on any atom is 0.338 e. The molecule has 0 saturated carbocycles. The lowest BCUT2D eigenvalue weighted by molar-refractivity contribution is -0.138. The van der Waals surface area contributed by atoms with Gasteiger partial charge in [0.1, 0.15) is 5.76 Å². The van der Waals surface area contributed by atoms with Gasteiger partial charge in [-0.2, -0.15) is 0 Å². The summed E-state index contributed by atoms with van der Waals surface area (Å²) in [6, 6.07) is 12.3. The molecule has 0 fully saturated rings.